The summed E-state index contributed by atoms with van der Waals surface area (Å²) < 4.78 is 1.86. The molecule has 2 aromatic heterocycles. The highest BCUT2D eigenvalue weighted by Gasteiger charge is 2.20. The van der Waals surface area contributed by atoms with Gasteiger partial charge in [0.15, 0.2) is 0 Å². The van der Waals surface area contributed by atoms with Crippen LogP contribution in [-0.2, 0) is 17.8 Å². The highest BCUT2D eigenvalue weighted by molar-refractivity contribution is 7.16. The molecule has 2 aromatic carbocycles. The summed E-state index contributed by atoms with van der Waals surface area (Å²) in [5.74, 6) is -0.0457. The number of aromatic nitrogens is 2. The molecule has 0 radical (unpaired) electrons. The van der Waals surface area contributed by atoms with E-state index in [1.165, 1.54) is 4.88 Å². The maximum absolute atomic E-state index is 12.6. The van der Waals surface area contributed by atoms with E-state index in [0.717, 1.165) is 45.9 Å². The molecule has 0 atom stereocenters. The smallest absolute Gasteiger partial charge is 0.224 e. The van der Waals surface area contributed by atoms with Crippen molar-refractivity contribution in [2.45, 2.75) is 39.7 Å². The minimum Gasteiger partial charge on any atom is -0.350 e. The van der Waals surface area contributed by atoms with Gasteiger partial charge in [0.05, 0.1) is 39.9 Å². The van der Waals surface area contributed by atoms with Crippen LogP contribution in [0.25, 0.3) is 22.3 Å². The van der Waals surface area contributed by atoms with Gasteiger partial charge < -0.3 is 5.32 Å². The van der Waals surface area contributed by atoms with E-state index >= 15 is 0 Å². The minimum atomic E-state index is -0.0457. The van der Waals surface area contributed by atoms with Crippen LogP contribution in [0.15, 0.2) is 66.7 Å². The summed E-state index contributed by atoms with van der Waals surface area (Å²) in [6.45, 7) is 4.53. The molecular weight excluding hydrogens is 497 g/mol. The first-order chi connectivity index (χ1) is 17.0. The van der Waals surface area contributed by atoms with Gasteiger partial charge in [0.25, 0.3) is 0 Å². The zero-order chi connectivity index (χ0) is 24.8. The molecule has 0 aliphatic rings. The minimum absolute atomic E-state index is 0.0457. The van der Waals surface area contributed by atoms with Gasteiger partial charge in [0.2, 0.25) is 5.91 Å². The maximum Gasteiger partial charge on any atom is 0.224 e. The first kappa shape index (κ1) is 25.2. The molecule has 0 spiro atoms. The topological polar surface area (TPSA) is 46.9 Å². The number of unbranched alkanes of at least 4 members (excludes halogenated alkanes) is 1. The quantitative estimate of drug-likeness (QED) is 0.242. The predicted molar refractivity (Wildman–Crippen MR) is 148 cm³/mol. The van der Waals surface area contributed by atoms with Crippen LogP contribution >= 0.6 is 34.5 Å². The SMILES string of the molecule is CCCC=Cc1ccc(-c2c(C)c(CNC(=O)Cc3ccccc3)nn2-c2ccc(Cl)cc2Cl)s1. The van der Waals surface area contributed by atoms with Crippen LogP contribution in [0.3, 0.4) is 0 Å². The number of halogens is 2. The fraction of sp³-hybridized carbons (Fsp3) is 0.214. The average molecular weight is 525 g/mol. The van der Waals surface area contributed by atoms with Crippen molar-refractivity contribution in [3.05, 3.63) is 98.5 Å². The van der Waals surface area contributed by atoms with Crippen LogP contribution in [0.4, 0.5) is 0 Å². The Hall–Kier alpha value is -2.86. The van der Waals surface area contributed by atoms with Crippen LogP contribution in [0.2, 0.25) is 10.0 Å². The fourth-order valence-electron chi connectivity index (χ4n) is 3.79. The second-order valence-corrected chi connectivity index (χ2v) is 10.2. The molecular formula is C28H27Cl2N3OS. The molecule has 0 bridgehead atoms. The Morgan fingerprint density at radius 3 is 2.66 bits per heavy atom. The highest BCUT2D eigenvalue weighted by atomic mass is 35.5. The van der Waals surface area contributed by atoms with Gasteiger partial charge in [0, 0.05) is 15.5 Å². The maximum atomic E-state index is 12.6. The molecule has 1 N–H and O–H groups in total. The van der Waals surface area contributed by atoms with Crippen molar-refractivity contribution < 1.29 is 4.79 Å². The molecule has 0 unspecified atom stereocenters. The van der Waals surface area contributed by atoms with Crippen molar-refractivity contribution in [1.82, 2.24) is 15.1 Å². The number of hydrogen-bond donors (Lipinski definition) is 1. The van der Waals surface area contributed by atoms with E-state index in [0.29, 0.717) is 23.0 Å². The van der Waals surface area contributed by atoms with Crippen molar-refractivity contribution in [2.24, 2.45) is 0 Å². The molecule has 1 amide bonds. The number of rotatable bonds is 9. The van der Waals surface area contributed by atoms with Crippen LogP contribution in [0.1, 0.15) is 41.5 Å². The van der Waals surface area contributed by atoms with Gasteiger partial charge in [-0.15, -0.1) is 11.3 Å². The number of carbonyl (C=O) groups is 1. The lowest BCUT2D eigenvalue weighted by Gasteiger charge is -2.09. The monoisotopic (exact) mass is 523 g/mol. The molecule has 0 aliphatic heterocycles. The van der Waals surface area contributed by atoms with Crippen molar-refractivity contribution in [3.8, 4) is 16.3 Å². The molecule has 7 heteroatoms. The molecule has 4 rings (SSSR count). The second kappa shape index (κ2) is 11.7. The fourth-order valence-corrected chi connectivity index (χ4v) is 5.30. The van der Waals surface area contributed by atoms with E-state index in [1.54, 1.807) is 23.5 Å². The Bertz CT molecular complexity index is 1340. The Kier molecular flexibility index (Phi) is 8.45. The molecule has 2 heterocycles. The number of nitrogens with zero attached hydrogens (tertiary/aromatic N) is 2. The summed E-state index contributed by atoms with van der Waals surface area (Å²) in [5.41, 5.74) is 4.48. The molecule has 180 valence electrons. The van der Waals surface area contributed by atoms with E-state index in [1.807, 2.05) is 48.0 Å². The van der Waals surface area contributed by atoms with E-state index < -0.39 is 0 Å². The number of carbonyl (C=O) groups excluding carboxylic acids is 1. The van der Waals surface area contributed by atoms with Gasteiger partial charge in [-0.2, -0.15) is 5.10 Å². The van der Waals surface area contributed by atoms with Gasteiger partial charge in [-0.25, -0.2) is 4.68 Å². The number of hydrogen-bond acceptors (Lipinski definition) is 3. The van der Waals surface area contributed by atoms with Crippen molar-refractivity contribution >= 4 is 46.5 Å². The molecule has 35 heavy (non-hydrogen) atoms. The standard InChI is InChI=1S/C28H27Cl2N3OS/c1-3-4-6-11-22-13-15-26(35-22)28-19(2)24(18-31-27(34)16-20-9-7-5-8-10-20)32-33(28)25-14-12-21(29)17-23(25)30/h5-15,17H,3-4,16,18H2,1-2H3,(H,31,34). The largest absolute Gasteiger partial charge is 0.350 e. The Morgan fingerprint density at radius 1 is 1.11 bits per heavy atom. The lowest BCUT2D eigenvalue weighted by Crippen LogP contribution is -2.25. The summed E-state index contributed by atoms with van der Waals surface area (Å²) in [6, 6.07) is 19.3. The van der Waals surface area contributed by atoms with Gasteiger partial charge >= 0.3 is 0 Å². The third-order valence-corrected chi connectivity index (χ3v) is 7.21. The zero-order valence-electron chi connectivity index (χ0n) is 19.7. The van der Waals surface area contributed by atoms with Crippen molar-refractivity contribution in [2.75, 3.05) is 0 Å². The summed E-state index contributed by atoms with van der Waals surface area (Å²) in [4.78, 5) is 14.8. The molecule has 0 saturated heterocycles. The number of thiophene rings is 1. The Morgan fingerprint density at radius 2 is 1.91 bits per heavy atom. The summed E-state index contributed by atoms with van der Waals surface area (Å²) in [5, 5.41) is 8.97. The third-order valence-electron chi connectivity index (χ3n) is 5.62. The van der Waals surface area contributed by atoms with Crippen LogP contribution < -0.4 is 5.32 Å². The Labute approximate surface area is 220 Å². The van der Waals surface area contributed by atoms with Gasteiger partial charge in [0.1, 0.15) is 0 Å². The molecule has 0 saturated carbocycles. The number of nitrogens with one attached hydrogen (secondary N) is 1. The van der Waals surface area contributed by atoms with Gasteiger partial charge in [-0.3, -0.25) is 4.79 Å². The summed E-state index contributed by atoms with van der Waals surface area (Å²) >= 11 is 14.4. The highest BCUT2D eigenvalue weighted by Crippen LogP contribution is 2.36. The normalized spacial score (nSPS) is 11.3. The first-order valence-electron chi connectivity index (χ1n) is 11.6. The predicted octanol–water partition coefficient (Wildman–Crippen LogP) is 7.89. The Balaban J connectivity index is 1.66. The first-order valence-corrected chi connectivity index (χ1v) is 13.1. The lowest BCUT2D eigenvalue weighted by atomic mass is 10.1. The van der Waals surface area contributed by atoms with E-state index in [4.69, 9.17) is 28.3 Å². The molecule has 0 fully saturated rings. The van der Waals surface area contributed by atoms with Crippen molar-refractivity contribution in [1.29, 1.82) is 0 Å². The van der Waals surface area contributed by atoms with Crippen LogP contribution in [-0.4, -0.2) is 15.7 Å². The zero-order valence-corrected chi connectivity index (χ0v) is 22.1. The van der Waals surface area contributed by atoms with Gasteiger partial charge in [-0.05, 0) is 55.3 Å². The van der Waals surface area contributed by atoms with Gasteiger partial charge in [-0.1, -0.05) is 73.0 Å². The number of benzene rings is 2. The third kappa shape index (κ3) is 6.23. The lowest BCUT2D eigenvalue weighted by molar-refractivity contribution is -0.120. The molecule has 4 aromatic rings. The molecule has 0 aliphatic carbocycles. The van der Waals surface area contributed by atoms with E-state index in [9.17, 15) is 4.79 Å². The van der Waals surface area contributed by atoms with E-state index in [-0.39, 0.29) is 5.91 Å². The summed E-state index contributed by atoms with van der Waals surface area (Å²) in [6.07, 6.45) is 6.86. The van der Waals surface area contributed by atoms with Crippen LogP contribution in [0, 0.1) is 6.92 Å². The van der Waals surface area contributed by atoms with E-state index in [2.05, 4.69) is 36.5 Å². The average Bonchev–Trinajstić information content (AvgIpc) is 3.42. The second-order valence-electron chi connectivity index (χ2n) is 8.26. The number of allylic oxidation sites excluding steroid dienone is 1. The summed E-state index contributed by atoms with van der Waals surface area (Å²) in [7, 11) is 0. The van der Waals surface area contributed by atoms with Crippen molar-refractivity contribution in [3.63, 3.8) is 0 Å². The molecule has 4 nitrogen and oxygen atoms in total. The number of amides is 1. The van der Waals surface area contributed by atoms with Crippen LogP contribution in [0.5, 0.6) is 0 Å².